The number of nitrogens with two attached hydrogens (primary N) is 1. The van der Waals surface area contributed by atoms with Gasteiger partial charge < -0.3 is 5.43 Å². The molecule has 96 valence electrons. The molecule has 3 aromatic heterocycles. The molecule has 3 heterocycles. The highest BCUT2D eigenvalue weighted by Gasteiger charge is 2.12. The van der Waals surface area contributed by atoms with Crippen LogP contribution in [0, 0.1) is 13.8 Å². The Morgan fingerprint density at radius 2 is 2.11 bits per heavy atom. The fourth-order valence-corrected chi connectivity index (χ4v) is 2.85. The smallest absolute Gasteiger partial charge is 0.165 e. The third-order valence-electron chi connectivity index (χ3n) is 2.93. The molecular weight excluding hydrogens is 258 g/mol. The number of fused-ring (bicyclic) bond motifs is 1. The Morgan fingerprint density at radius 1 is 1.26 bits per heavy atom. The molecule has 0 saturated heterocycles. The SMILES string of the molecule is Cc1cc2c(NN)nc(-c3cnccc3C)nc2s1. The van der Waals surface area contributed by atoms with Crippen LogP contribution in [0.25, 0.3) is 21.6 Å². The number of thiophene rings is 1. The number of nitrogens with zero attached hydrogens (tertiary/aromatic N) is 3. The summed E-state index contributed by atoms with van der Waals surface area (Å²) >= 11 is 1.63. The van der Waals surface area contributed by atoms with E-state index in [0.29, 0.717) is 11.6 Å². The summed E-state index contributed by atoms with van der Waals surface area (Å²) in [6.45, 7) is 4.06. The maximum absolute atomic E-state index is 5.56. The molecule has 0 aliphatic heterocycles. The van der Waals surface area contributed by atoms with Crippen LogP contribution in [-0.4, -0.2) is 15.0 Å². The number of anilines is 1. The molecule has 6 heteroatoms. The van der Waals surface area contributed by atoms with Crippen molar-refractivity contribution in [3.63, 3.8) is 0 Å². The van der Waals surface area contributed by atoms with E-state index in [0.717, 1.165) is 21.3 Å². The summed E-state index contributed by atoms with van der Waals surface area (Å²) in [6.07, 6.45) is 3.53. The Kier molecular flexibility index (Phi) is 2.88. The fraction of sp³-hybridized carbons (Fsp3) is 0.154. The number of hydrogen-bond donors (Lipinski definition) is 2. The average molecular weight is 271 g/mol. The predicted octanol–water partition coefficient (Wildman–Crippen LogP) is 2.66. The first-order chi connectivity index (χ1) is 9.19. The van der Waals surface area contributed by atoms with Crippen LogP contribution < -0.4 is 11.3 Å². The molecule has 3 rings (SSSR count). The number of nitrogens with one attached hydrogen (secondary N) is 1. The van der Waals surface area contributed by atoms with Gasteiger partial charge in [0.15, 0.2) is 11.6 Å². The number of nitrogen functional groups attached to an aromatic ring is 1. The van der Waals surface area contributed by atoms with Gasteiger partial charge in [0.25, 0.3) is 0 Å². The normalized spacial score (nSPS) is 10.9. The van der Waals surface area contributed by atoms with Gasteiger partial charge >= 0.3 is 0 Å². The third-order valence-corrected chi connectivity index (χ3v) is 3.88. The molecule has 0 bridgehead atoms. The van der Waals surface area contributed by atoms with E-state index >= 15 is 0 Å². The monoisotopic (exact) mass is 271 g/mol. The molecule has 3 aromatic rings. The Hall–Kier alpha value is -2.05. The molecule has 0 fully saturated rings. The zero-order valence-corrected chi connectivity index (χ0v) is 11.5. The maximum atomic E-state index is 5.56. The molecule has 0 aliphatic rings. The van der Waals surface area contributed by atoms with E-state index in [4.69, 9.17) is 5.84 Å². The largest absolute Gasteiger partial charge is 0.308 e. The average Bonchev–Trinajstić information content (AvgIpc) is 2.78. The zero-order valence-electron chi connectivity index (χ0n) is 10.6. The van der Waals surface area contributed by atoms with Gasteiger partial charge in [0.1, 0.15) is 4.83 Å². The van der Waals surface area contributed by atoms with Gasteiger partial charge in [-0.1, -0.05) is 0 Å². The van der Waals surface area contributed by atoms with Crippen molar-refractivity contribution in [1.82, 2.24) is 15.0 Å². The highest BCUT2D eigenvalue weighted by molar-refractivity contribution is 7.18. The van der Waals surface area contributed by atoms with E-state index in [9.17, 15) is 0 Å². The number of aryl methyl sites for hydroxylation is 2. The first-order valence-corrected chi connectivity index (χ1v) is 6.66. The minimum Gasteiger partial charge on any atom is -0.308 e. The molecule has 0 saturated carbocycles. The number of pyridine rings is 1. The Morgan fingerprint density at radius 3 is 2.84 bits per heavy atom. The topological polar surface area (TPSA) is 76.7 Å². The van der Waals surface area contributed by atoms with Crippen LogP contribution in [-0.2, 0) is 0 Å². The van der Waals surface area contributed by atoms with Crippen LogP contribution in [0.2, 0.25) is 0 Å². The molecule has 0 unspecified atom stereocenters. The molecular formula is C13H13N5S. The molecule has 0 aliphatic carbocycles. The van der Waals surface area contributed by atoms with Crippen LogP contribution in [0.3, 0.4) is 0 Å². The molecule has 19 heavy (non-hydrogen) atoms. The number of rotatable bonds is 2. The standard InChI is InChI=1S/C13H13N5S/c1-7-3-4-15-6-10(7)11-16-12(18-14)9-5-8(2)19-13(9)17-11/h3-6H,14H2,1-2H3,(H,16,17,18). The molecule has 5 nitrogen and oxygen atoms in total. The summed E-state index contributed by atoms with van der Waals surface area (Å²) in [5, 5.41) is 0.954. The second kappa shape index (κ2) is 4.56. The highest BCUT2D eigenvalue weighted by Crippen LogP contribution is 2.31. The maximum Gasteiger partial charge on any atom is 0.165 e. The van der Waals surface area contributed by atoms with Gasteiger partial charge in [0.2, 0.25) is 0 Å². The minimum atomic E-state index is 0.646. The van der Waals surface area contributed by atoms with Crippen molar-refractivity contribution in [1.29, 1.82) is 0 Å². The fourth-order valence-electron chi connectivity index (χ4n) is 1.97. The quantitative estimate of drug-likeness (QED) is 0.553. The lowest BCUT2D eigenvalue weighted by Gasteiger charge is -2.06. The first-order valence-electron chi connectivity index (χ1n) is 5.85. The molecule has 3 N–H and O–H groups in total. The van der Waals surface area contributed by atoms with Crippen LogP contribution in [0.15, 0.2) is 24.5 Å². The third kappa shape index (κ3) is 2.05. The van der Waals surface area contributed by atoms with Gasteiger partial charge in [0.05, 0.1) is 5.39 Å². The second-order valence-corrected chi connectivity index (χ2v) is 5.54. The summed E-state index contributed by atoms with van der Waals surface area (Å²) in [5.74, 6) is 6.85. The van der Waals surface area contributed by atoms with Gasteiger partial charge in [-0.15, -0.1) is 11.3 Å². The van der Waals surface area contributed by atoms with E-state index in [1.165, 1.54) is 4.88 Å². The lowest BCUT2D eigenvalue weighted by molar-refractivity contribution is 1.17. The summed E-state index contributed by atoms with van der Waals surface area (Å²) in [6, 6.07) is 3.98. The number of hydrogen-bond acceptors (Lipinski definition) is 6. The van der Waals surface area contributed by atoms with Crippen molar-refractivity contribution in [2.75, 3.05) is 5.43 Å². The van der Waals surface area contributed by atoms with Crippen LogP contribution in [0.5, 0.6) is 0 Å². The van der Waals surface area contributed by atoms with Crippen molar-refractivity contribution in [3.05, 3.63) is 35.0 Å². The van der Waals surface area contributed by atoms with E-state index in [2.05, 4.69) is 20.4 Å². The Balaban J connectivity index is 2.28. The highest BCUT2D eigenvalue weighted by atomic mass is 32.1. The van der Waals surface area contributed by atoms with E-state index < -0.39 is 0 Å². The molecule has 0 atom stereocenters. The lowest BCUT2D eigenvalue weighted by atomic mass is 10.1. The van der Waals surface area contributed by atoms with Crippen molar-refractivity contribution in [2.24, 2.45) is 5.84 Å². The second-order valence-electron chi connectivity index (χ2n) is 4.31. The Labute approximate surface area is 114 Å². The van der Waals surface area contributed by atoms with Crippen LogP contribution in [0.1, 0.15) is 10.4 Å². The molecule has 0 amide bonds. The van der Waals surface area contributed by atoms with Crippen molar-refractivity contribution >= 4 is 27.4 Å². The molecule has 0 spiro atoms. The van der Waals surface area contributed by atoms with Gasteiger partial charge in [-0.2, -0.15) is 0 Å². The molecule has 0 aromatic carbocycles. The lowest BCUT2D eigenvalue weighted by Crippen LogP contribution is -2.10. The van der Waals surface area contributed by atoms with E-state index in [1.54, 1.807) is 23.7 Å². The summed E-state index contributed by atoms with van der Waals surface area (Å²) in [7, 11) is 0. The minimum absolute atomic E-state index is 0.646. The van der Waals surface area contributed by atoms with Gasteiger partial charge in [-0.05, 0) is 31.5 Å². The van der Waals surface area contributed by atoms with Gasteiger partial charge in [0, 0.05) is 22.8 Å². The van der Waals surface area contributed by atoms with Crippen LogP contribution >= 0.6 is 11.3 Å². The van der Waals surface area contributed by atoms with E-state index in [-0.39, 0.29) is 0 Å². The van der Waals surface area contributed by atoms with Crippen molar-refractivity contribution < 1.29 is 0 Å². The van der Waals surface area contributed by atoms with Gasteiger partial charge in [-0.3, -0.25) is 4.98 Å². The predicted molar refractivity (Wildman–Crippen MR) is 77.9 cm³/mol. The van der Waals surface area contributed by atoms with Crippen molar-refractivity contribution in [2.45, 2.75) is 13.8 Å². The summed E-state index contributed by atoms with van der Waals surface area (Å²) < 4.78 is 0. The van der Waals surface area contributed by atoms with Crippen molar-refractivity contribution in [3.8, 4) is 11.4 Å². The summed E-state index contributed by atoms with van der Waals surface area (Å²) in [5.41, 5.74) is 4.66. The number of hydrazine groups is 1. The Bertz CT molecular complexity index is 750. The summed E-state index contributed by atoms with van der Waals surface area (Å²) in [4.78, 5) is 15.3. The zero-order chi connectivity index (χ0) is 13.4. The first kappa shape index (κ1) is 12.0. The van der Waals surface area contributed by atoms with E-state index in [1.807, 2.05) is 26.0 Å². The molecule has 0 radical (unpaired) electrons. The number of aromatic nitrogens is 3. The van der Waals surface area contributed by atoms with Crippen LogP contribution in [0.4, 0.5) is 5.82 Å². The van der Waals surface area contributed by atoms with Gasteiger partial charge in [-0.25, -0.2) is 15.8 Å².